The molecule has 0 aliphatic heterocycles. The van der Waals surface area contributed by atoms with Gasteiger partial charge < -0.3 is 5.11 Å². The number of halogens is 1. The van der Waals surface area contributed by atoms with E-state index in [1.807, 2.05) is 6.07 Å². The zero-order valence-corrected chi connectivity index (χ0v) is 12.0. The monoisotopic (exact) mass is 282 g/mol. The van der Waals surface area contributed by atoms with E-state index in [1.54, 1.807) is 0 Å². The van der Waals surface area contributed by atoms with Gasteiger partial charge in [-0.1, -0.05) is 27.7 Å². The van der Waals surface area contributed by atoms with E-state index in [1.165, 1.54) is 24.0 Å². The van der Waals surface area contributed by atoms with E-state index in [0.29, 0.717) is 5.75 Å². The molecule has 2 heteroatoms. The van der Waals surface area contributed by atoms with Gasteiger partial charge in [-0.15, -0.1) is 0 Å². The van der Waals surface area contributed by atoms with Crippen molar-refractivity contribution in [3.05, 3.63) is 27.7 Å². The predicted molar refractivity (Wildman–Crippen MR) is 71.1 cm³/mol. The summed E-state index contributed by atoms with van der Waals surface area (Å²) in [6.07, 6.45) is 2.37. The molecule has 0 radical (unpaired) electrons. The molecule has 1 nitrogen and oxygen atoms in total. The molecule has 1 aliphatic carbocycles. The number of hydrogen-bond donors (Lipinski definition) is 1. The number of aromatic hydroxyl groups is 1. The maximum Gasteiger partial charge on any atom is 0.130 e. The zero-order chi connectivity index (χ0) is 12.1. The predicted octanol–water partition coefficient (Wildman–Crippen LogP) is 4.50. The van der Waals surface area contributed by atoms with Gasteiger partial charge in [0.15, 0.2) is 0 Å². The topological polar surface area (TPSA) is 20.2 Å². The summed E-state index contributed by atoms with van der Waals surface area (Å²) < 4.78 is 0.803. The Morgan fingerprint density at radius 1 is 1.00 bits per heavy atom. The summed E-state index contributed by atoms with van der Waals surface area (Å²) in [5.74, 6) is 0.351. The summed E-state index contributed by atoms with van der Waals surface area (Å²) >= 11 is 3.41. The number of phenols is 1. The van der Waals surface area contributed by atoms with Gasteiger partial charge in [0.25, 0.3) is 0 Å². The van der Waals surface area contributed by atoms with Crippen molar-refractivity contribution in [2.75, 3.05) is 0 Å². The average molecular weight is 283 g/mol. The first kappa shape index (κ1) is 12.0. The number of rotatable bonds is 0. The first-order valence-corrected chi connectivity index (χ1v) is 6.57. The van der Waals surface area contributed by atoms with E-state index in [-0.39, 0.29) is 10.8 Å². The molecule has 1 aliphatic rings. The van der Waals surface area contributed by atoms with E-state index >= 15 is 0 Å². The largest absolute Gasteiger partial charge is 0.507 e. The third-order valence-corrected chi connectivity index (χ3v) is 4.56. The van der Waals surface area contributed by atoms with Crippen LogP contribution in [0.5, 0.6) is 5.75 Å². The van der Waals surface area contributed by atoms with Gasteiger partial charge in [-0.3, -0.25) is 0 Å². The minimum absolute atomic E-state index is 0.170. The quantitative estimate of drug-likeness (QED) is 0.743. The summed E-state index contributed by atoms with van der Waals surface area (Å²) in [6.45, 7) is 9.08. The molecule has 0 heterocycles. The lowest BCUT2D eigenvalue weighted by atomic mass is 9.63. The van der Waals surface area contributed by atoms with Crippen molar-refractivity contribution in [3.8, 4) is 5.75 Å². The highest BCUT2D eigenvalue weighted by Crippen LogP contribution is 2.48. The van der Waals surface area contributed by atoms with E-state index in [9.17, 15) is 5.11 Å². The van der Waals surface area contributed by atoms with Crippen molar-refractivity contribution in [3.63, 3.8) is 0 Å². The van der Waals surface area contributed by atoms with Gasteiger partial charge in [0.2, 0.25) is 0 Å². The van der Waals surface area contributed by atoms with Gasteiger partial charge in [0.05, 0.1) is 4.47 Å². The van der Waals surface area contributed by atoms with Crippen molar-refractivity contribution in [1.29, 1.82) is 0 Å². The second-order valence-corrected chi connectivity index (χ2v) is 6.97. The molecule has 0 saturated heterocycles. The van der Waals surface area contributed by atoms with Crippen molar-refractivity contribution in [1.82, 2.24) is 0 Å². The molecule has 1 N–H and O–H groups in total. The molecule has 2 rings (SSSR count). The molecule has 1 aromatic carbocycles. The maximum absolute atomic E-state index is 9.83. The van der Waals surface area contributed by atoms with Gasteiger partial charge in [0, 0.05) is 0 Å². The van der Waals surface area contributed by atoms with Crippen LogP contribution in [0.3, 0.4) is 0 Å². The Bertz CT molecular complexity index is 392. The van der Waals surface area contributed by atoms with E-state index in [0.717, 1.165) is 4.47 Å². The molecule has 0 bridgehead atoms. The molecule has 16 heavy (non-hydrogen) atoms. The van der Waals surface area contributed by atoms with Crippen LogP contribution in [0.4, 0.5) is 0 Å². The van der Waals surface area contributed by atoms with Gasteiger partial charge >= 0.3 is 0 Å². The first-order valence-electron chi connectivity index (χ1n) is 5.77. The van der Waals surface area contributed by atoms with Crippen LogP contribution in [0.1, 0.15) is 51.7 Å². The molecular formula is C14H19BrO. The molecule has 1 aromatic rings. The van der Waals surface area contributed by atoms with Crippen LogP contribution in [-0.2, 0) is 10.8 Å². The lowest BCUT2D eigenvalue weighted by Crippen LogP contribution is -2.33. The number of benzene rings is 1. The van der Waals surface area contributed by atoms with Crippen LogP contribution in [0.25, 0.3) is 0 Å². The first-order chi connectivity index (χ1) is 7.24. The molecular weight excluding hydrogens is 264 g/mol. The Hall–Kier alpha value is -0.500. The van der Waals surface area contributed by atoms with Crippen molar-refractivity contribution in [2.24, 2.45) is 0 Å². The van der Waals surface area contributed by atoms with Crippen LogP contribution in [0.2, 0.25) is 0 Å². The molecule has 0 spiro atoms. The highest BCUT2D eigenvalue weighted by atomic mass is 79.9. The Morgan fingerprint density at radius 3 is 1.94 bits per heavy atom. The van der Waals surface area contributed by atoms with Gasteiger partial charge in [0.1, 0.15) is 5.75 Å². The van der Waals surface area contributed by atoms with Gasteiger partial charge in [-0.05, 0) is 62.9 Å². The molecule has 0 saturated carbocycles. The molecule has 0 aromatic heterocycles. The number of hydrogen-bond acceptors (Lipinski definition) is 1. The fourth-order valence-corrected chi connectivity index (χ4v) is 2.92. The van der Waals surface area contributed by atoms with Crippen molar-refractivity contribution in [2.45, 2.75) is 51.4 Å². The van der Waals surface area contributed by atoms with E-state index < -0.39 is 0 Å². The highest BCUT2D eigenvalue weighted by Gasteiger charge is 2.37. The molecule has 0 fully saturated rings. The second-order valence-electron chi connectivity index (χ2n) is 6.12. The summed E-state index contributed by atoms with van der Waals surface area (Å²) in [4.78, 5) is 0. The van der Waals surface area contributed by atoms with E-state index in [2.05, 4.69) is 49.7 Å². The zero-order valence-electron chi connectivity index (χ0n) is 10.4. The van der Waals surface area contributed by atoms with Gasteiger partial charge in [-0.2, -0.15) is 0 Å². The standard InChI is InChI=1S/C14H19BrO/c1-13(2)5-6-14(3,4)10-8-12(16)11(15)7-9(10)13/h7-8,16H,5-6H2,1-4H3. The smallest absolute Gasteiger partial charge is 0.130 e. The Morgan fingerprint density at radius 2 is 1.44 bits per heavy atom. The lowest BCUT2D eigenvalue weighted by molar-refractivity contribution is 0.329. The molecule has 0 atom stereocenters. The molecule has 0 unspecified atom stereocenters. The number of phenolic OH excluding ortho intramolecular Hbond substituents is 1. The minimum Gasteiger partial charge on any atom is -0.507 e. The van der Waals surface area contributed by atoms with Crippen LogP contribution in [0.15, 0.2) is 16.6 Å². The van der Waals surface area contributed by atoms with Crippen molar-refractivity contribution >= 4 is 15.9 Å². The van der Waals surface area contributed by atoms with Crippen LogP contribution >= 0.6 is 15.9 Å². The Kier molecular flexibility index (Phi) is 2.61. The third-order valence-electron chi connectivity index (χ3n) is 3.92. The molecule has 88 valence electrons. The fourth-order valence-electron chi connectivity index (χ4n) is 2.58. The lowest BCUT2D eigenvalue weighted by Gasteiger charge is -2.42. The van der Waals surface area contributed by atoms with Crippen LogP contribution in [-0.4, -0.2) is 5.11 Å². The van der Waals surface area contributed by atoms with Crippen LogP contribution < -0.4 is 0 Å². The summed E-state index contributed by atoms with van der Waals surface area (Å²) in [5, 5.41) is 9.83. The number of fused-ring (bicyclic) bond motifs is 1. The van der Waals surface area contributed by atoms with Crippen LogP contribution in [0, 0.1) is 0 Å². The Balaban J connectivity index is 2.70. The Labute approximate surface area is 106 Å². The second kappa shape index (κ2) is 3.49. The van der Waals surface area contributed by atoms with E-state index in [4.69, 9.17) is 0 Å². The highest BCUT2D eigenvalue weighted by molar-refractivity contribution is 9.10. The SMILES string of the molecule is CC1(C)CCC(C)(C)c2cc(Br)c(O)cc21. The molecule has 0 amide bonds. The third kappa shape index (κ3) is 1.77. The summed E-state index contributed by atoms with van der Waals surface area (Å²) in [6, 6.07) is 4.02. The normalized spacial score (nSPS) is 21.6. The summed E-state index contributed by atoms with van der Waals surface area (Å²) in [5.41, 5.74) is 3.04. The maximum atomic E-state index is 9.83. The summed E-state index contributed by atoms with van der Waals surface area (Å²) in [7, 11) is 0. The fraction of sp³-hybridized carbons (Fsp3) is 0.571. The average Bonchev–Trinajstić information content (AvgIpc) is 2.17. The van der Waals surface area contributed by atoms with Gasteiger partial charge in [-0.25, -0.2) is 0 Å². The van der Waals surface area contributed by atoms with Crippen molar-refractivity contribution < 1.29 is 5.11 Å². The minimum atomic E-state index is 0.170.